The Morgan fingerprint density at radius 3 is 2.36 bits per heavy atom. The average molecular weight is 456 g/mol. The number of allylic oxidation sites excluding steroid dienone is 1. The van der Waals surface area contributed by atoms with Crippen molar-refractivity contribution < 1.29 is 0 Å². The number of nitriles is 1. The van der Waals surface area contributed by atoms with Crippen LogP contribution in [0.4, 0.5) is 0 Å². The van der Waals surface area contributed by atoms with Crippen molar-refractivity contribution in [1.82, 2.24) is 4.57 Å². The molecule has 0 aliphatic rings. The second-order valence-electron chi connectivity index (χ2n) is 5.82. The first-order chi connectivity index (χ1) is 12.0. The SMILES string of the molecule is Cc1cc(/C=C(/C#N)c2cccc(Br)c2)c(C)n1-c1ccc(Br)cc1. The molecule has 2 nitrogen and oxygen atoms in total. The Morgan fingerprint density at radius 1 is 1.00 bits per heavy atom. The molecular formula is C21H16Br2N2. The summed E-state index contributed by atoms with van der Waals surface area (Å²) in [5, 5.41) is 9.60. The maximum atomic E-state index is 9.60. The number of benzene rings is 2. The van der Waals surface area contributed by atoms with Crippen LogP contribution in [0, 0.1) is 25.2 Å². The Labute approximate surface area is 164 Å². The molecular weight excluding hydrogens is 440 g/mol. The Bertz CT molecular complexity index is 990. The van der Waals surface area contributed by atoms with Gasteiger partial charge in [-0.1, -0.05) is 44.0 Å². The van der Waals surface area contributed by atoms with E-state index in [9.17, 15) is 5.26 Å². The van der Waals surface area contributed by atoms with E-state index >= 15 is 0 Å². The minimum atomic E-state index is 0.650. The van der Waals surface area contributed by atoms with E-state index in [1.54, 1.807) is 0 Å². The molecule has 0 saturated carbocycles. The maximum Gasteiger partial charge on any atom is 0.0998 e. The van der Waals surface area contributed by atoms with Gasteiger partial charge in [-0.05, 0) is 73.5 Å². The molecule has 3 rings (SSSR count). The van der Waals surface area contributed by atoms with Crippen molar-refractivity contribution in [2.75, 3.05) is 0 Å². The van der Waals surface area contributed by atoms with Gasteiger partial charge in [0.05, 0.1) is 11.6 Å². The summed E-state index contributed by atoms with van der Waals surface area (Å²) in [4.78, 5) is 0. The molecule has 1 aromatic heterocycles. The molecule has 0 radical (unpaired) electrons. The summed E-state index contributed by atoms with van der Waals surface area (Å²) >= 11 is 6.94. The molecule has 0 aliphatic heterocycles. The molecule has 0 bridgehead atoms. The van der Waals surface area contributed by atoms with E-state index in [-0.39, 0.29) is 0 Å². The Morgan fingerprint density at radius 2 is 1.72 bits per heavy atom. The largest absolute Gasteiger partial charge is 0.318 e. The summed E-state index contributed by atoms with van der Waals surface area (Å²) in [6, 6.07) is 20.5. The van der Waals surface area contributed by atoms with Crippen molar-refractivity contribution >= 4 is 43.5 Å². The van der Waals surface area contributed by atoms with Crippen molar-refractivity contribution in [3.05, 3.63) is 86.1 Å². The Balaban J connectivity index is 2.08. The molecule has 0 saturated heterocycles. The molecule has 4 heteroatoms. The predicted octanol–water partition coefficient (Wildman–Crippen LogP) is 6.68. The highest BCUT2D eigenvalue weighted by Crippen LogP contribution is 2.27. The van der Waals surface area contributed by atoms with Crippen LogP contribution in [0.3, 0.4) is 0 Å². The molecule has 1 heterocycles. The fraction of sp³-hybridized carbons (Fsp3) is 0.0952. The lowest BCUT2D eigenvalue weighted by Gasteiger charge is -2.09. The highest BCUT2D eigenvalue weighted by atomic mass is 79.9. The van der Waals surface area contributed by atoms with Gasteiger partial charge < -0.3 is 4.57 Å². The summed E-state index contributed by atoms with van der Waals surface area (Å²) < 4.78 is 4.22. The quantitative estimate of drug-likeness (QED) is 0.404. The van der Waals surface area contributed by atoms with Gasteiger partial charge in [-0.15, -0.1) is 0 Å². The number of halogens is 2. The summed E-state index contributed by atoms with van der Waals surface area (Å²) in [5.74, 6) is 0. The first kappa shape index (κ1) is 17.7. The number of rotatable bonds is 3. The van der Waals surface area contributed by atoms with Gasteiger partial charge in [0.25, 0.3) is 0 Å². The lowest BCUT2D eigenvalue weighted by atomic mass is 10.0. The summed E-state index contributed by atoms with van der Waals surface area (Å²) in [5.41, 5.74) is 5.97. The molecule has 25 heavy (non-hydrogen) atoms. The van der Waals surface area contributed by atoms with E-state index < -0.39 is 0 Å². The lowest BCUT2D eigenvalue weighted by Crippen LogP contribution is -1.98. The van der Waals surface area contributed by atoms with Crippen LogP contribution in [-0.2, 0) is 0 Å². The van der Waals surface area contributed by atoms with Crippen LogP contribution in [0.25, 0.3) is 17.3 Å². The minimum absolute atomic E-state index is 0.650. The van der Waals surface area contributed by atoms with Crippen LogP contribution in [0.5, 0.6) is 0 Å². The van der Waals surface area contributed by atoms with E-state index in [2.05, 4.69) is 74.5 Å². The topological polar surface area (TPSA) is 28.7 Å². The summed E-state index contributed by atoms with van der Waals surface area (Å²) in [6.07, 6.45) is 1.96. The van der Waals surface area contributed by atoms with E-state index in [1.165, 1.54) is 0 Å². The normalized spacial score (nSPS) is 11.4. The van der Waals surface area contributed by atoms with Crippen LogP contribution in [0.1, 0.15) is 22.5 Å². The molecule has 0 N–H and O–H groups in total. The van der Waals surface area contributed by atoms with Crippen molar-refractivity contribution in [3.63, 3.8) is 0 Å². The number of aryl methyl sites for hydroxylation is 1. The highest BCUT2D eigenvalue weighted by molar-refractivity contribution is 9.10. The molecule has 0 spiro atoms. The zero-order chi connectivity index (χ0) is 18.0. The molecule has 0 aliphatic carbocycles. The summed E-state index contributed by atoms with van der Waals surface area (Å²) in [7, 11) is 0. The third-order valence-corrected chi connectivity index (χ3v) is 5.13. The maximum absolute atomic E-state index is 9.60. The summed E-state index contributed by atoms with van der Waals surface area (Å²) in [6.45, 7) is 4.16. The second kappa shape index (κ2) is 7.43. The van der Waals surface area contributed by atoms with Gasteiger partial charge in [0.15, 0.2) is 0 Å². The minimum Gasteiger partial charge on any atom is -0.318 e. The van der Waals surface area contributed by atoms with E-state index in [1.807, 2.05) is 42.5 Å². The van der Waals surface area contributed by atoms with Crippen molar-refractivity contribution in [2.45, 2.75) is 13.8 Å². The Kier molecular flexibility index (Phi) is 5.27. The number of hydrogen-bond acceptors (Lipinski definition) is 1. The van der Waals surface area contributed by atoms with Gasteiger partial charge in [-0.3, -0.25) is 0 Å². The standard InChI is InChI=1S/C21H16Br2N2/c1-14-10-17(11-18(13-24)16-4-3-5-20(23)12-16)15(2)25(14)21-8-6-19(22)7-9-21/h3-12H,1-2H3/b18-11-. The van der Waals surface area contributed by atoms with Gasteiger partial charge in [0.2, 0.25) is 0 Å². The number of hydrogen-bond donors (Lipinski definition) is 0. The van der Waals surface area contributed by atoms with Gasteiger partial charge in [-0.25, -0.2) is 0 Å². The first-order valence-electron chi connectivity index (χ1n) is 7.82. The van der Waals surface area contributed by atoms with Gasteiger partial charge in [0, 0.05) is 26.0 Å². The van der Waals surface area contributed by atoms with E-state index in [0.717, 1.165) is 37.1 Å². The van der Waals surface area contributed by atoms with E-state index in [0.29, 0.717) is 5.57 Å². The lowest BCUT2D eigenvalue weighted by molar-refractivity contribution is 0.964. The van der Waals surface area contributed by atoms with Crippen molar-refractivity contribution in [1.29, 1.82) is 5.26 Å². The van der Waals surface area contributed by atoms with Crippen LogP contribution in [0.2, 0.25) is 0 Å². The molecule has 0 fully saturated rings. The van der Waals surface area contributed by atoms with Gasteiger partial charge in [0.1, 0.15) is 0 Å². The third kappa shape index (κ3) is 3.78. The molecule has 2 aromatic carbocycles. The number of nitrogens with zero attached hydrogens (tertiary/aromatic N) is 2. The average Bonchev–Trinajstić information content (AvgIpc) is 2.87. The first-order valence-corrected chi connectivity index (χ1v) is 9.41. The van der Waals surface area contributed by atoms with Crippen LogP contribution < -0.4 is 0 Å². The van der Waals surface area contributed by atoms with Crippen LogP contribution in [0.15, 0.2) is 63.5 Å². The van der Waals surface area contributed by atoms with Crippen LogP contribution in [-0.4, -0.2) is 4.57 Å². The predicted molar refractivity (Wildman–Crippen MR) is 111 cm³/mol. The fourth-order valence-corrected chi connectivity index (χ4v) is 3.58. The van der Waals surface area contributed by atoms with Crippen LogP contribution >= 0.6 is 31.9 Å². The highest BCUT2D eigenvalue weighted by Gasteiger charge is 2.11. The smallest absolute Gasteiger partial charge is 0.0998 e. The number of aromatic nitrogens is 1. The van der Waals surface area contributed by atoms with Gasteiger partial charge >= 0.3 is 0 Å². The molecule has 0 atom stereocenters. The molecule has 0 unspecified atom stereocenters. The zero-order valence-electron chi connectivity index (χ0n) is 13.9. The molecule has 3 aromatic rings. The zero-order valence-corrected chi connectivity index (χ0v) is 17.1. The van der Waals surface area contributed by atoms with Crippen molar-refractivity contribution in [3.8, 4) is 11.8 Å². The molecule has 0 amide bonds. The van der Waals surface area contributed by atoms with Gasteiger partial charge in [-0.2, -0.15) is 5.26 Å². The van der Waals surface area contributed by atoms with E-state index in [4.69, 9.17) is 0 Å². The monoisotopic (exact) mass is 454 g/mol. The van der Waals surface area contributed by atoms with Crippen molar-refractivity contribution in [2.24, 2.45) is 0 Å². The Hall–Kier alpha value is -2.09. The second-order valence-corrected chi connectivity index (χ2v) is 7.65. The third-order valence-electron chi connectivity index (χ3n) is 4.11. The molecule has 124 valence electrons. The fourth-order valence-electron chi connectivity index (χ4n) is 2.91.